The minimum atomic E-state index is -4.33. The molecule has 19 heavy (non-hydrogen) atoms. The third-order valence-electron chi connectivity index (χ3n) is 3.39. The average Bonchev–Trinajstić information content (AvgIpc) is 2.84. The van der Waals surface area contributed by atoms with Crippen LogP contribution in [0.4, 0.5) is 13.2 Å². The molecule has 0 saturated heterocycles. The van der Waals surface area contributed by atoms with Crippen molar-refractivity contribution >= 4 is 11.8 Å². The summed E-state index contributed by atoms with van der Waals surface area (Å²) in [5.41, 5.74) is 0.948. The predicted octanol–water partition coefficient (Wildman–Crippen LogP) is 3.67. The van der Waals surface area contributed by atoms with E-state index in [1.807, 2.05) is 31.2 Å². The van der Waals surface area contributed by atoms with Gasteiger partial charge < -0.3 is 5.11 Å². The summed E-state index contributed by atoms with van der Waals surface area (Å²) in [4.78, 5) is -0.610. The maximum absolute atomic E-state index is 12.7. The number of rotatable bonds is 3. The lowest BCUT2D eigenvalue weighted by Crippen LogP contribution is -2.29. The summed E-state index contributed by atoms with van der Waals surface area (Å²) in [5, 5.41) is 9.55. The number of aryl methyl sites for hydroxylation is 1. The Kier molecular flexibility index (Phi) is 3.97. The van der Waals surface area contributed by atoms with Crippen LogP contribution in [0.5, 0.6) is 0 Å². The topological polar surface area (TPSA) is 20.2 Å². The number of aliphatic hydroxyl groups excluding tert-OH is 1. The van der Waals surface area contributed by atoms with Gasteiger partial charge in [-0.05, 0) is 17.5 Å². The molecule has 1 atom stereocenters. The highest BCUT2D eigenvalue weighted by atomic mass is 32.2. The molecule has 104 valence electrons. The van der Waals surface area contributed by atoms with E-state index >= 15 is 0 Å². The number of hydrogen-bond donors (Lipinski definition) is 1. The molecule has 1 nitrogen and oxygen atoms in total. The quantitative estimate of drug-likeness (QED) is 0.915. The fraction of sp³-hybridized carbons (Fsp3) is 0.429. The van der Waals surface area contributed by atoms with Gasteiger partial charge in [-0.25, -0.2) is 0 Å². The van der Waals surface area contributed by atoms with Crippen molar-refractivity contribution in [2.75, 3.05) is 12.4 Å². The number of allylic oxidation sites excluding steroid dienone is 1. The van der Waals surface area contributed by atoms with E-state index in [1.54, 1.807) is 0 Å². The summed E-state index contributed by atoms with van der Waals surface area (Å²) in [6.07, 6.45) is -2.28. The number of alkyl halides is 3. The SMILES string of the molecule is CCc1ccc(C2(CO)C=C(C(F)(F)F)SC2)cc1. The van der Waals surface area contributed by atoms with Crippen LogP contribution < -0.4 is 0 Å². The molecule has 1 aromatic rings. The first-order chi connectivity index (χ1) is 8.91. The van der Waals surface area contributed by atoms with Gasteiger partial charge in [0.1, 0.15) is 0 Å². The van der Waals surface area contributed by atoms with Gasteiger partial charge in [0, 0.05) is 11.2 Å². The zero-order valence-corrected chi connectivity index (χ0v) is 11.3. The van der Waals surface area contributed by atoms with Crippen molar-refractivity contribution in [1.82, 2.24) is 0 Å². The van der Waals surface area contributed by atoms with Gasteiger partial charge in [-0.2, -0.15) is 13.2 Å². The van der Waals surface area contributed by atoms with Gasteiger partial charge in [0.2, 0.25) is 0 Å². The second-order valence-corrected chi connectivity index (χ2v) is 5.68. The summed E-state index contributed by atoms with van der Waals surface area (Å²) >= 11 is 0.762. The van der Waals surface area contributed by atoms with Crippen LogP contribution in [-0.2, 0) is 11.8 Å². The lowest BCUT2D eigenvalue weighted by Gasteiger charge is -2.24. The lowest BCUT2D eigenvalue weighted by atomic mass is 9.82. The molecule has 1 heterocycles. The number of benzene rings is 1. The second kappa shape index (κ2) is 5.21. The number of aliphatic hydroxyl groups is 1. The molecular formula is C14H15F3OS. The van der Waals surface area contributed by atoms with E-state index in [1.165, 1.54) is 6.08 Å². The number of halogens is 3. The Bertz CT molecular complexity index is 478. The summed E-state index contributed by atoms with van der Waals surface area (Å²) in [5.74, 6) is 0.226. The Morgan fingerprint density at radius 2 is 1.89 bits per heavy atom. The van der Waals surface area contributed by atoms with Crippen LogP contribution in [0.2, 0.25) is 0 Å². The maximum atomic E-state index is 12.7. The highest BCUT2D eigenvalue weighted by Gasteiger charge is 2.44. The largest absolute Gasteiger partial charge is 0.421 e. The Morgan fingerprint density at radius 1 is 1.26 bits per heavy atom. The molecule has 5 heteroatoms. The van der Waals surface area contributed by atoms with E-state index in [-0.39, 0.29) is 12.4 Å². The highest BCUT2D eigenvalue weighted by Crippen LogP contribution is 2.47. The molecule has 1 aromatic carbocycles. The fourth-order valence-corrected chi connectivity index (χ4v) is 3.35. The Hall–Kier alpha value is -0.940. The third kappa shape index (κ3) is 2.82. The number of hydrogen-bond acceptors (Lipinski definition) is 2. The monoisotopic (exact) mass is 288 g/mol. The molecule has 0 radical (unpaired) electrons. The summed E-state index contributed by atoms with van der Waals surface area (Å²) in [6.45, 7) is 1.70. The first kappa shape index (κ1) is 14.5. The van der Waals surface area contributed by atoms with Crippen molar-refractivity contribution in [1.29, 1.82) is 0 Å². The molecule has 0 spiro atoms. The number of thioether (sulfide) groups is 1. The minimum Gasteiger partial charge on any atom is -0.395 e. The van der Waals surface area contributed by atoms with Crippen molar-refractivity contribution in [2.24, 2.45) is 0 Å². The molecule has 1 aliphatic rings. The normalized spacial score (nSPS) is 23.5. The van der Waals surface area contributed by atoms with Crippen molar-refractivity contribution in [3.63, 3.8) is 0 Å². The van der Waals surface area contributed by atoms with Crippen LogP contribution >= 0.6 is 11.8 Å². The van der Waals surface area contributed by atoms with Gasteiger partial charge in [-0.1, -0.05) is 37.3 Å². The van der Waals surface area contributed by atoms with Crippen molar-refractivity contribution in [3.8, 4) is 0 Å². The fourth-order valence-electron chi connectivity index (χ4n) is 2.13. The van der Waals surface area contributed by atoms with Crippen LogP contribution in [-0.4, -0.2) is 23.6 Å². The van der Waals surface area contributed by atoms with Crippen molar-refractivity contribution in [2.45, 2.75) is 24.9 Å². The van der Waals surface area contributed by atoms with E-state index in [4.69, 9.17) is 0 Å². The molecule has 1 unspecified atom stereocenters. The maximum Gasteiger partial charge on any atom is 0.421 e. The van der Waals surface area contributed by atoms with E-state index < -0.39 is 16.5 Å². The zero-order chi connectivity index (χ0) is 14.1. The Balaban J connectivity index is 2.36. The molecule has 0 bridgehead atoms. The standard InChI is InChI=1S/C14H15F3OS/c1-2-10-3-5-11(6-4-10)13(8-18)7-12(19-9-13)14(15,16)17/h3-7,18H,2,8-9H2,1H3. The first-order valence-electron chi connectivity index (χ1n) is 6.04. The molecule has 0 aliphatic carbocycles. The smallest absolute Gasteiger partial charge is 0.395 e. The van der Waals surface area contributed by atoms with Crippen LogP contribution in [0.1, 0.15) is 18.1 Å². The first-order valence-corrected chi connectivity index (χ1v) is 7.03. The molecule has 0 fully saturated rings. The van der Waals surface area contributed by atoms with Crippen LogP contribution in [0.15, 0.2) is 35.2 Å². The van der Waals surface area contributed by atoms with Gasteiger partial charge in [-0.3, -0.25) is 0 Å². The molecule has 1 N–H and O–H groups in total. The highest BCUT2D eigenvalue weighted by molar-refractivity contribution is 8.03. The lowest BCUT2D eigenvalue weighted by molar-refractivity contribution is -0.0837. The average molecular weight is 288 g/mol. The Labute approximate surface area is 114 Å². The second-order valence-electron chi connectivity index (χ2n) is 4.66. The third-order valence-corrected chi connectivity index (χ3v) is 4.71. The van der Waals surface area contributed by atoms with Gasteiger partial charge in [0.05, 0.1) is 11.5 Å². The van der Waals surface area contributed by atoms with Gasteiger partial charge in [0.15, 0.2) is 0 Å². The van der Waals surface area contributed by atoms with Crippen LogP contribution in [0.25, 0.3) is 0 Å². The molecule has 2 rings (SSSR count). The van der Waals surface area contributed by atoms with Gasteiger partial charge in [-0.15, -0.1) is 11.8 Å². The summed E-state index contributed by atoms with van der Waals surface area (Å²) < 4.78 is 38.1. The predicted molar refractivity (Wildman–Crippen MR) is 71.2 cm³/mol. The summed E-state index contributed by atoms with van der Waals surface area (Å²) in [6, 6.07) is 7.42. The Morgan fingerprint density at radius 3 is 2.32 bits per heavy atom. The summed E-state index contributed by atoms with van der Waals surface area (Å²) in [7, 11) is 0. The zero-order valence-electron chi connectivity index (χ0n) is 10.5. The van der Waals surface area contributed by atoms with Crippen molar-refractivity contribution in [3.05, 3.63) is 46.4 Å². The molecule has 0 saturated carbocycles. The van der Waals surface area contributed by atoms with E-state index in [9.17, 15) is 18.3 Å². The molecular weight excluding hydrogens is 273 g/mol. The molecule has 0 amide bonds. The van der Waals surface area contributed by atoms with Gasteiger partial charge >= 0.3 is 6.18 Å². The van der Waals surface area contributed by atoms with E-state index in [0.29, 0.717) is 0 Å². The molecule has 0 aromatic heterocycles. The van der Waals surface area contributed by atoms with Gasteiger partial charge in [0.25, 0.3) is 0 Å². The van der Waals surface area contributed by atoms with E-state index in [2.05, 4.69) is 0 Å². The van der Waals surface area contributed by atoms with E-state index in [0.717, 1.165) is 29.3 Å². The molecule has 1 aliphatic heterocycles. The van der Waals surface area contributed by atoms with Crippen LogP contribution in [0.3, 0.4) is 0 Å². The van der Waals surface area contributed by atoms with Crippen LogP contribution in [0, 0.1) is 0 Å². The minimum absolute atomic E-state index is 0.226. The van der Waals surface area contributed by atoms with Crippen molar-refractivity contribution < 1.29 is 18.3 Å².